The van der Waals surface area contributed by atoms with Gasteiger partial charge < -0.3 is 5.11 Å². The van der Waals surface area contributed by atoms with Crippen LogP contribution in [0.3, 0.4) is 0 Å². The third-order valence-corrected chi connectivity index (χ3v) is 5.00. The predicted octanol–water partition coefficient (Wildman–Crippen LogP) is 4.08. The van der Waals surface area contributed by atoms with Gasteiger partial charge in [0.2, 0.25) is 5.12 Å². The fraction of sp³-hybridized carbons (Fsp3) is 0.500. The van der Waals surface area contributed by atoms with Gasteiger partial charge in [-0.3, -0.25) is 9.59 Å². The van der Waals surface area contributed by atoms with Gasteiger partial charge in [0.05, 0.1) is 5.92 Å². The van der Waals surface area contributed by atoms with Gasteiger partial charge in [0.1, 0.15) is 0 Å². The molecular weight excluding hydrogens is 272 g/mol. The Morgan fingerprint density at radius 3 is 2.70 bits per heavy atom. The number of rotatable bonds is 6. The molecule has 1 heterocycles. The molecule has 0 aliphatic carbocycles. The summed E-state index contributed by atoms with van der Waals surface area (Å²) < 4.78 is 0. The molecular formula is C16H20O3S. The fourth-order valence-corrected chi connectivity index (χ4v) is 3.98. The van der Waals surface area contributed by atoms with Crippen LogP contribution >= 0.6 is 11.8 Å². The summed E-state index contributed by atoms with van der Waals surface area (Å²) in [7, 11) is 0. The number of carboxylic acids is 1. The average Bonchev–Trinajstić information content (AvgIpc) is 2.43. The van der Waals surface area contributed by atoms with Gasteiger partial charge in [0.25, 0.3) is 0 Å². The summed E-state index contributed by atoms with van der Waals surface area (Å²) in [5.41, 5.74) is 1.25. The van der Waals surface area contributed by atoms with Crippen molar-refractivity contribution in [2.45, 2.75) is 50.2 Å². The maximum absolute atomic E-state index is 12.1. The number of carboxylic acid groups (broad SMARTS) is 1. The normalized spacial score (nSPS) is 21.6. The largest absolute Gasteiger partial charge is 0.481 e. The van der Waals surface area contributed by atoms with Crippen molar-refractivity contribution in [3.05, 3.63) is 35.4 Å². The standard InChI is InChI=1S/C16H20O3S/c1-2-3-4-5-10-13-14(15(17)18)11-8-6-7-9-12(11)16(19)20-13/h6-9,13-14H,2-5,10H2,1H3,(H,17,18)/t13-,14+/m1/s1. The molecule has 0 fully saturated rings. The Morgan fingerprint density at radius 2 is 2.00 bits per heavy atom. The molecule has 3 nitrogen and oxygen atoms in total. The summed E-state index contributed by atoms with van der Waals surface area (Å²) in [6.45, 7) is 2.15. The highest BCUT2D eigenvalue weighted by atomic mass is 32.2. The molecule has 0 saturated heterocycles. The van der Waals surface area contributed by atoms with Crippen molar-refractivity contribution in [2.75, 3.05) is 0 Å². The first kappa shape index (κ1) is 15.1. The lowest BCUT2D eigenvalue weighted by molar-refractivity contribution is -0.138. The smallest absolute Gasteiger partial charge is 0.312 e. The Bertz CT molecular complexity index is 498. The van der Waals surface area contributed by atoms with Crippen LogP contribution in [0.2, 0.25) is 0 Å². The summed E-state index contributed by atoms with van der Waals surface area (Å²) >= 11 is 1.20. The Balaban J connectivity index is 2.17. The van der Waals surface area contributed by atoms with E-state index in [9.17, 15) is 14.7 Å². The molecule has 0 bridgehead atoms. The van der Waals surface area contributed by atoms with Gasteiger partial charge in [-0.2, -0.15) is 0 Å². The quantitative estimate of drug-likeness (QED) is 0.803. The topological polar surface area (TPSA) is 54.4 Å². The fourth-order valence-electron chi connectivity index (χ4n) is 2.71. The van der Waals surface area contributed by atoms with Gasteiger partial charge >= 0.3 is 5.97 Å². The van der Waals surface area contributed by atoms with E-state index >= 15 is 0 Å². The van der Waals surface area contributed by atoms with E-state index < -0.39 is 11.9 Å². The van der Waals surface area contributed by atoms with E-state index in [0.717, 1.165) is 25.7 Å². The van der Waals surface area contributed by atoms with Crippen molar-refractivity contribution in [1.29, 1.82) is 0 Å². The Labute approximate surface area is 123 Å². The van der Waals surface area contributed by atoms with Crippen molar-refractivity contribution in [2.24, 2.45) is 0 Å². The molecule has 1 aromatic carbocycles. The van der Waals surface area contributed by atoms with E-state index in [1.54, 1.807) is 18.2 Å². The Kier molecular flexibility index (Phi) is 5.24. The number of aliphatic carboxylic acids is 1. The molecule has 4 heteroatoms. The van der Waals surface area contributed by atoms with Crippen LogP contribution in [0.1, 0.15) is 60.9 Å². The van der Waals surface area contributed by atoms with Crippen LogP contribution in [0.4, 0.5) is 0 Å². The molecule has 2 rings (SSSR count). The molecule has 1 N–H and O–H groups in total. The van der Waals surface area contributed by atoms with Crippen molar-refractivity contribution in [3.63, 3.8) is 0 Å². The van der Waals surface area contributed by atoms with E-state index in [0.29, 0.717) is 11.1 Å². The minimum absolute atomic E-state index is 0.0126. The molecule has 20 heavy (non-hydrogen) atoms. The minimum Gasteiger partial charge on any atom is -0.481 e. The highest BCUT2D eigenvalue weighted by Crippen LogP contribution is 2.41. The number of fused-ring (bicyclic) bond motifs is 1. The predicted molar refractivity (Wildman–Crippen MR) is 81.3 cm³/mol. The summed E-state index contributed by atoms with van der Waals surface area (Å²) in [6, 6.07) is 7.11. The van der Waals surface area contributed by atoms with Gasteiger partial charge in [-0.25, -0.2) is 0 Å². The summed E-state index contributed by atoms with van der Waals surface area (Å²) in [6.07, 6.45) is 5.21. The van der Waals surface area contributed by atoms with Crippen molar-refractivity contribution in [3.8, 4) is 0 Å². The summed E-state index contributed by atoms with van der Waals surface area (Å²) in [4.78, 5) is 23.7. The number of unbranched alkanes of at least 4 members (excludes halogenated alkanes) is 3. The second-order valence-electron chi connectivity index (χ2n) is 5.20. The molecule has 0 radical (unpaired) electrons. The molecule has 108 valence electrons. The number of carbonyl (C=O) groups is 2. The van der Waals surface area contributed by atoms with Gasteiger partial charge in [0, 0.05) is 10.8 Å². The third kappa shape index (κ3) is 3.23. The number of benzene rings is 1. The molecule has 0 saturated carbocycles. The van der Waals surface area contributed by atoms with Gasteiger partial charge in [-0.05, 0) is 12.0 Å². The molecule has 0 unspecified atom stereocenters. The molecule has 1 aliphatic rings. The lowest BCUT2D eigenvalue weighted by atomic mass is 9.89. The zero-order valence-corrected chi connectivity index (χ0v) is 12.5. The van der Waals surface area contributed by atoms with Crippen molar-refractivity contribution in [1.82, 2.24) is 0 Å². The third-order valence-electron chi connectivity index (χ3n) is 3.75. The first-order chi connectivity index (χ1) is 9.65. The first-order valence-corrected chi connectivity index (χ1v) is 8.05. The first-order valence-electron chi connectivity index (χ1n) is 7.18. The summed E-state index contributed by atoms with van der Waals surface area (Å²) in [5, 5.41) is 9.40. The lowest BCUT2D eigenvalue weighted by Crippen LogP contribution is -2.30. The Hall–Kier alpha value is -1.29. The molecule has 1 aliphatic heterocycles. The molecule has 1 aromatic rings. The number of hydrogen-bond acceptors (Lipinski definition) is 3. The average molecular weight is 292 g/mol. The van der Waals surface area contributed by atoms with E-state index in [1.165, 1.54) is 18.2 Å². The van der Waals surface area contributed by atoms with Crippen molar-refractivity contribution >= 4 is 22.8 Å². The van der Waals surface area contributed by atoms with Gasteiger partial charge in [0.15, 0.2) is 0 Å². The monoisotopic (exact) mass is 292 g/mol. The second-order valence-corrected chi connectivity index (χ2v) is 6.41. The number of hydrogen-bond donors (Lipinski definition) is 1. The van der Waals surface area contributed by atoms with E-state index in [-0.39, 0.29) is 10.4 Å². The lowest BCUT2D eigenvalue weighted by Gasteiger charge is -2.29. The van der Waals surface area contributed by atoms with Crippen LogP contribution in [0.25, 0.3) is 0 Å². The minimum atomic E-state index is -0.821. The summed E-state index contributed by atoms with van der Waals surface area (Å²) in [5.74, 6) is -1.38. The molecule has 0 amide bonds. The zero-order valence-electron chi connectivity index (χ0n) is 11.7. The van der Waals surface area contributed by atoms with E-state index in [4.69, 9.17) is 0 Å². The van der Waals surface area contributed by atoms with Crippen molar-refractivity contribution < 1.29 is 14.7 Å². The number of carbonyl (C=O) groups excluding carboxylic acids is 1. The Morgan fingerprint density at radius 1 is 1.25 bits per heavy atom. The van der Waals surface area contributed by atoms with Gasteiger partial charge in [-0.1, -0.05) is 68.6 Å². The van der Waals surface area contributed by atoms with Crippen LogP contribution < -0.4 is 0 Å². The van der Waals surface area contributed by atoms with Crippen LogP contribution in [-0.2, 0) is 4.79 Å². The number of thioether (sulfide) groups is 1. The van der Waals surface area contributed by atoms with E-state index in [2.05, 4.69) is 6.92 Å². The SMILES string of the molecule is CCCCCC[C@H]1SC(=O)c2ccccc2[C@@H]1C(=O)O. The van der Waals surface area contributed by atoms with Crippen LogP contribution in [-0.4, -0.2) is 21.4 Å². The highest BCUT2D eigenvalue weighted by Gasteiger charge is 2.38. The van der Waals surface area contributed by atoms with Crippen LogP contribution in [0.15, 0.2) is 24.3 Å². The van der Waals surface area contributed by atoms with Gasteiger partial charge in [-0.15, -0.1) is 0 Å². The molecule has 0 aromatic heterocycles. The maximum Gasteiger partial charge on any atom is 0.312 e. The highest BCUT2D eigenvalue weighted by molar-refractivity contribution is 8.14. The van der Waals surface area contributed by atoms with E-state index in [1.807, 2.05) is 6.07 Å². The molecule has 2 atom stereocenters. The van der Waals surface area contributed by atoms with Crippen LogP contribution in [0.5, 0.6) is 0 Å². The molecule has 0 spiro atoms. The van der Waals surface area contributed by atoms with Crippen LogP contribution in [0, 0.1) is 0 Å². The zero-order chi connectivity index (χ0) is 14.5. The maximum atomic E-state index is 12.1. The second kappa shape index (κ2) is 6.93.